The van der Waals surface area contributed by atoms with Crippen molar-refractivity contribution in [2.45, 2.75) is 19.4 Å². The second-order valence-electron chi connectivity index (χ2n) is 4.42. The highest BCUT2D eigenvalue weighted by molar-refractivity contribution is 5.48. The molecule has 1 aromatic carbocycles. The van der Waals surface area contributed by atoms with Crippen LogP contribution in [-0.4, -0.2) is 17.2 Å². The van der Waals surface area contributed by atoms with E-state index in [1.165, 1.54) is 7.11 Å². The van der Waals surface area contributed by atoms with Gasteiger partial charge in [-0.1, -0.05) is 6.92 Å². The van der Waals surface area contributed by atoms with Crippen molar-refractivity contribution in [3.05, 3.63) is 47.8 Å². The maximum atomic E-state index is 9.70. The average Bonchev–Trinajstić information content (AvgIpc) is 2.55. The van der Waals surface area contributed by atoms with E-state index in [1.54, 1.807) is 36.5 Å². The fraction of sp³-hybridized carbons (Fsp3) is 0.250. The summed E-state index contributed by atoms with van der Waals surface area (Å²) in [6.45, 7) is 1.89. The lowest BCUT2D eigenvalue weighted by atomic mass is 10.2. The lowest BCUT2D eigenvalue weighted by Gasteiger charge is -2.11. The molecule has 0 aliphatic rings. The highest BCUT2D eigenvalue weighted by Gasteiger charge is 2.09. The van der Waals surface area contributed by atoms with Gasteiger partial charge in [0.1, 0.15) is 5.75 Å². The molecule has 1 N–H and O–H groups in total. The van der Waals surface area contributed by atoms with Gasteiger partial charge in [0.15, 0.2) is 11.5 Å². The fourth-order valence-electron chi connectivity index (χ4n) is 1.81. The molecule has 2 aromatic rings. The summed E-state index contributed by atoms with van der Waals surface area (Å²) in [6, 6.07) is 10.4. The first-order valence-corrected chi connectivity index (χ1v) is 6.58. The molecule has 0 unspecified atom stereocenters. The Bertz CT molecular complexity index is 648. The van der Waals surface area contributed by atoms with E-state index in [-0.39, 0.29) is 0 Å². The maximum Gasteiger partial charge on any atom is 0.169 e. The molecular weight excluding hydrogens is 268 g/mol. The van der Waals surface area contributed by atoms with Gasteiger partial charge in [-0.3, -0.25) is 4.98 Å². The number of hydrogen-bond donors (Lipinski definition) is 1. The minimum absolute atomic E-state index is 0.478. The zero-order valence-electron chi connectivity index (χ0n) is 11.9. The summed E-state index contributed by atoms with van der Waals surface area (Å²) < 4.78 is 10.9. The molecule has 0 fully saturated rings. The van der Waals surface area contributed by atoms with Gasteiger partial charge in [0, 0.05) is 6.07 Å². The van der Waals surface area contributed by atoms with Gasteiger partial charge in [0.05, 0.1) is 36.7 Å². The van der Waals surface area contributed by atoms with Gasteiger partial charge in [-0.05, 0) is 30.7 Å². The monoisotopic (exact) mass is 284 g/mol. The van der Waals surface area contributed by atoms with E-state index < -0.39 is 6.10 Å². The molecule has 2 rings (SSSR count). The summed E-state index contributed by atoms with van der Waals surface area (Å²) >= 11 is 0. The summed E-state index contributed by atoms with van der Waals surface area (Å²) in [5.74, 6) is 1.51. The van der Waals surface area contributed by atoms with Crippen molar-refractivity contribution < 1.29 is 14.6 Å². The van der Waals surface area contributed by atoms with Gasteiger partial charge >= 0.3 is 0 Å². The molecule has 1 atom stereocenters. The number of methoxy groups -OCH3 is 1. The molecule has 21 heavy (non-hydrogen) atoms. The number of hydrogen-bond acceptors (Lipinski definition) is 5. The number of nitrogens with zero attached hydrogens (tertiary/aromatic N) is 2. The Morgan fingerprint density at radius 1 is 1.29 bits per heavy atom. The minimum atomic E-state index is -0.566. The number of nitriles is 1. The van der Waals surface area contributed by atoms with Crippen LogP contribution in [0.1, 0.15) is 30.7 Å². The van der Waals surface area contributed by atoms with Crippen LogP contribution in [0.15, 0.2) is 36.5 Å². The number of pyridine rings is 1. The Balaban J connectivity index is 2.20. The van der Waals surface area contributed by atoms with Crippen LogP contribution in [0.2, 0.25) is 0 Å². The Morgan fingerprint density at radius 3 is 2.67 bits per heavy atom. The SMILES string of the molecule is CC[C@@H](O)c1ccc(Oc2ccc(C#N)cc2OC)cn1. The minimum Gasteiger partial charge on any atom is -0.493 e. The van der Waals surface area contributed by atoms with Gasteiger partial charge in [0.25, 0.3) is 0 Å². The second-order valence-corrected chi connectivity index (χ2v) is 4.42. The molecule has 0 saturated heterocycles. The first-order valence-electron chi connectivity index (χ1n) is 6.58. The predicted octanol–water partition coefficient (Wildman–Crippen LogP) is 3.20. The van der Waals surface area contributed by atoms with Crippen molar-refractivity contribution in [1.82, 2.24) is 4.98 Å². The molecule has 0 aliphatic heterocycles. The molecular formula is C16H16N2O3. The van der Waals surface area contributed by atoms with E-state index in [0.717, 1.165) is 0 Å². The summed E-state index contributed by atoms with van der Waals surface area (Å²) in [5, 5.41) is 18.6. The van der Waals surface area contributed by atoms with E-state index in [1.807, 2.05) is 13.0 Å². The quantitative estimate of drug-likeness (QED) is 0.912. The van der Waals surface area contributed by atoms with Gasteiger partial charge in [-0.2, -0.15) is 5.26 Å². The number of aliphatic hydroxyl groups excluding tert-OH is 1. The average molecular weight is 284 g/mol. The second kappa shape index (κ2) is 6.73. The first kappa shape index (κ1) is 14.8. The van der Waals surface area contributed by atoms with Crippen molar-refractivity contribution in [2.24, 2.45) is 0 Å². The van der Waals surface area contributed by atoms with Crippen molar-refractivity contribution in [1.29, 1.82) is 5.26 Å². The third kappa shape index (κ3) is 3.50. The fourth-order valence-corrected chi connectivity index (χ4v) is 1.81. The standard InChI is InChI=1S/C16H16N2O3/c1-3-14(19)13-6-5-12(10-18-13)21-15-7-4-11(9-17)8-16(15)20-2/h4-8,10,14,19H,3H2,1-2H3/t14-/m1/s1. The summed E-state index contributed by atoms with van der Waals surface area (Å²) in [7, 11) is 1.52. The van der Waals surface area contributed by atoms with Crippen LogP contribution >= 0.6 is 0 Å². The third-order valence-corrected chi connectivity index (χ3v) is 3.01. The third-order valence-electron chi connectivity index (χ3n) is 3.01. The molecule has 0 bridgehead atoms. The molecule has 108 valence electrons. The Morgan fingerprint density at radius 2 is 2.10 bits per heavy atom. The highest BCUT2D eigenvalue weighted by atomic mass is 16.5. The van der Waals surface area contributed by atoms with Crippen LogP contribution in [0.25, 0.3) is 0 Å². The topological polar surface area (TPSA) is 75.4 Å². The number of aliphatic hydroxyl groups is 1. The number of aromatic nitrogens is 1. The molecule has 5 nitrogen and oxygen atoms in total. The van der Waals surface area contributed by atoms with Crippen LogP contribution in [0, 0.1) is 11.3 Å². The number of benzene rings is 1. The molecule has 0 radical (unpaired) electrons. The predicted molar refractivity (Wildman–Crippen MR) is 77.3 cm³/mol. The normalized spacial score (nSPS) is 11.5. The molecule has 5 heteroatoms. The first-order chi connectivity index (χ1) is 10.2. The lowest BCUT2D eigenvalue weighted by molar-refractivity contribution is 0.169. The van der Waals surface area contributed by atoms with Crippen LogP contribution in [-0.2, 0) is 0 Å². The zero-order chi connectivity index (χ0) is 15.2. The Kier molecular flexibility index (Phi) is 4.75. The van der Waals surface area contributed by atoms with Crippen molar-refractivity contribution in [3.63, 3.8) is 0 Å². The van der Waals surface area contributed by atoms with Crippen molar-refractivity contribution >= 4 is 0 Å². The van der Waals surface area contributed by atoms with Crippen molar-refractivity contribution in [3.8, 4) is 23.3 Å². The summed E-state index contributed by atoms with van der Waals surface area (Å²) in [6.07, 6.45) is 1.59. The smallest absolute Gasteiger partial charge is 0.169 e. The van der Waals surface area contributed by atoms with Gasteiger partial charge < -0.3 is 14.6 Å². The van der Waals surface area contributed by atoms with E-state index in [4.69, 9.17) is 14.7 Å². The van der Waals surface area contributed by atoms with Crippen LogP contribution in [0.4, 0.5) is 0 Å². The molecule has 1 aromatic heterocycles. The van der Waals surface area contributed by atoms with Gasteiger partial charge in [-0.25, -0.2) is 0 Å². The van der Waals surface area contributed by atoms with E-state index in [0.29, 0.717) is 34.9 Å². The van der Waals surface area contributed by atoms with E-state index >= 15 is 0 Å². The van der Waals surface area contributed by atoms with Crippen LogP contribution < -0.4 is 9.47 Å². The summed E-state index contributed by atoms with van der Waals surface area (Å²) in [4.78, 5) is 4.17. The van der Waals surface area contributed by atoms with Crippen LogP contribution in [0.3, 0.4) is 0 Å². The molecule has 0 saturated carbocycles. The zero-order valence-corrected chi connectivity index (χ0v) is 11.9. The molecule has 0 spiro atoms. The van der Waals surface area contributed by atoms with E-state index in [2.05, 4.69) is 4.98 Å². The number of rotatable bonds is 5. The van der Waals surface area contributed by atoms with Gasteiger partial charge in [0.2, 0.25) is 0 Å². The Hall–Kier alpha value is -2.58. The molecule has 0 aliphatic carbocycles. The van der Waals surface area contributed by atoms with E-state index in [9.17, 15) is 5.11 Å². The Labute approximate surface area is 123 Å². The highest BCUT2D eigenvalue weighted by Crippen LogP contribution is 2.32. The van der Waals surface area contributed by atoms with Crippen molar-refractivity contribution in [2.75, 3.05) is 7.11 Å². The van der Waals surface area contributed by atoms with Gasteiger partial charge in [-0.15, -0.1) is 0 Å². The molecule has 1 heterocycles. The molecule has 0 amide bonds. The summed E-state index contributed by atoms with van der Waals surface area (Å²) in [5.41, 5.74) is 1.11. The largest absolute Gasteiger partial charge is 0.493 e. The maximum absolute atomic E-state index is 9.70. The van der Waals surface area contributed by atoms with Crippen LogP contribution in [0.5, 0.6) is 17.2 Å². The number of ether oxygens (including phenoxy) is 2. The lowest BCUT2D eigenvalue weighted by Crippen LogP contribution is -1.98.